The summed E-state index contributed by atoms with van der Waals surface area (Å²) in [7, 11) is 0. The highest BCUT2D eigenvalue weighted by Crippen LogP contribution is 2.06. The smallest absolute Gasteiger partial charge is 0.412 e. The summed E-state index contributed by atoms with van der Waals surface area (Å²) in [5.74, 6) is 0. The fourth-order valence-corrected chi connectivity index (χ4v) is 2.14. The van der Waals surface area contributed by atoms with Crippen molar-refractivity contribution in [2.75, 3.05) is 6.54 Å². The normalized spacial score (nSPS) is 18.3. The van der Waals surface area contributed by atoms with Crippen LogP contribution < -0.4 is 10.6 Å². The molecule has 0 radical (unpaired) electrons. The molecule has 0 saturated carbocycles. The van der Waals surface area contributed by atoms with Crippen molar-refractivity contribution in [3.8, 4) is 0 Å². The highest BCUT2D eigenvalue weighted by Gasteiger charge is 2.20. The van der Waals surface area contributed by atoms with Crippen molar-refractivity contribution < 1.29 is 9.53 Å². The zero-order chi connectivity index (χ0) is 12.8. The van der Waals surface area contributed by atoms with Gasteiger partial charge in [0.25, 0.3) is 0 Å². The van der Waals surface area contributed by atoms with Crippen LogP contribution in [0, 0.1) is 0 Å². The van der Waals surface area contributed by atoms with Crippen LogP contribution in [-0.4, -0.2) is 23.7 Å². The van der Waals surface area contributed by atoms with E-state index in [1.54, 1.807) is 0 Å². The first-order chi connectivity index (χ1) is 8.75. The molecule has 1 aromatic rings. The molecule has 0 unspecified atom stereocenters. The van der Waals surface area contributed by atoms with E-state index in [0.717, 1.165) is 24.9 Å². The molecule has 1 amide bonds. The maximum Gasteiger partial charge on any atom is 0.412 e. The molecule has 0 aliphatic carbocycles. The zero-order valence-corrected chi connectivity index (χ0v) is 10.8. The van der Waals surface area contributed by atoms with Crippen molar-refractivity contribution in [1.82, 2.24) is 10.6 Å². The van der Waals surface area contributed by atoms with Gasteiger partial charge in [-0.25, -0.2) is 4.79 Å². The van der Waals surface area contributed by atoms with E-state index >= 15 is 0 Å². The molecule has 1 heterocycles. The van der Waals surface area contributed by atoms with Gasteiger partial charge in [0.05, 0.1) is 6.04 Å². The Labute approximate surface area is 112 Å². The van der Waals surface area contributed by atoms with Crippen molar-refractivity contribution in [3.05, 3.63) is 35.9 Å². The molecule has 2 rings (SSSR count). The lowest BCUT2D eigenvalue weighted by Gasteiger charge is -2.13. The van der Waals surface area contributed by atoms with Gasteiger partial charge in [-0.15, -0.1) is 0 Å². The SMILES string of the molecule is O=C(NC(=S)[C@@H]1CCCN1)OCc1ccccc1. The standard InChI is InChI=1S/C13H16N2O2S/c16-13(15-12(18)11-7-4-8-14-11)17-9-10-5-2-1-3-6-10/h1-3,5-6,11,14H,4,7-9H2,(H,15,16,18)/t11-/m0/s1. The highest BCUT2D eigenvalue weighted by atomic mass is 32.1. The highest BCUT2D eigenvalue weighted by molar-refractivity contribution is 7.80. The molecule has 0 spiro atoms. The molecule has 1 saturated heterocycles. The summed E-state index contributed by atoms with van der Waals surface area (Å²) in [6.45, 7) is 1.21. The number of alkyl carbamates (subject to hydrolysis) is 1. The molecule has 1 fully saturated rings. The minimum absolute atomic E-state index is 0.101. The van der Waals surface area contributed by atoms with Crippen molar-refractivity contribution in [2.45, 2.75) is 25.5 Å². The first kappa shape index (κ1) is 13.0. The summed E-state index contributed by atoms with van der Waals surface area (Å²) < 4.78 is 5.09. The summed E-state index contributed by atoms with van der Waals surface area (Å²) >= 11 is 5.15. The van der Waals surface area contributed by atoms with Gasteiger partial charge in [-0.1, -0.05) is 42.5 Å². The number of rotatable bonds is 3. The second-order valence-corrected chi connectivity index (χ2v) is 4.64. The molecule has 0 aromatic heterocycles. The number of thiocarbonyl (C=S) groups is 1. The van der Waals surface area contributed by atoms with E-state index in [1.807, 2.05) is 30.3 Å². The molecule has 1 atom stereocenters. The summed E-state index contributed by atoms with van der Waals surface area (Å²) in [4.78, 5) is 12.1. The van der Waals surface area contributed by atoms with Crippen LogP contribution in [0.3, 0.4) is 0 Å². The number of carbonyl (C=O) groups is 1. The second-order valence-electron chi connectivity index (χ2n) is 4.20. The minimum Gasteiger partial charge on any atom is -0.444 e. The summed E-state index contributed by atoms with van der Waals surface area (Å²) in [6.07, 6.45) is 1.57. The summed E-state index contributed by atoms with van der Waals surface area (Å²) in [5.41, 5.74) is 0.956. The molecule has 96 valence electrons. The van der Waals surface area contributed by atoms with Crippen LogP contribution in [0.25, 0.3) is 0 Å². The maximum atomic E-state index is 11.5. The average Bonchev–Trinajstić information content (AvgIpc) is 2.91. The predicted octanol–water partition coefficient (Wildman–Crippen LogP) is 1.99. The number of nitrogens with one attached hydrogen (secondary N) is 2. The first-order valence-corrected chi connectivity index (χ1v) is 6.41. The quantitative estimate of drug-likeness (QED) is 0.820. The Morgan fingerprint density at radius 2 is 2.22 bits per heavy atom. The number of carbonyl (C=O) groups excluding carboxylic acids is 1. The fourth-order valence-electron chi connectivity index (χ4n) is 1.86. The molecule has 1 aliphatic heterocycles. The van der Waals surface area contributed by atoms with Gasteiger partial charge in [-0.3, -0.25) is 5.32 Å². The Bertz CT molecular complexity index is 416. The van der Waals surface area contributed by atoms with E-state index in [0.29, 0.717) is 4.99 Å². The minimum atomic E-state index is -0.488. The largest absolute Gasteiger partial charge is 0.444 e. The molecule has 1 aliphatic rings. The third-order valence-electron chi connectivity index (χ3n) is 2.81. The Hall–Kier alpha value is -1.46. The molecule has 5 heteroatoms. The van der Waals surface area contributed by atoms with E-state index in [1.165, 1.54) is 0 Å². The number of benzene rings is 1. The monoisotopic (exact) mass is 264 g/mol. The van der Waals surface area contributed by atoms with Gasteiger partial charge in [0.1, 0.15) is 11.6 Å². The molecular formula is C13H16N2O2S. The first-order valence-electron chi connectivity index (χ1n) is 6.00. The molecule has 4 nitrogen and oxygen atoms in total. The van der Waals surface area contributed by atoms with Crippen LogP contribution in [-0.2, 0) is 11.3 Å². The van der Waals surface area contributed by atoms with Gasteiger partial charge in [0.15, 0.2) is 0 Å². The van der Waals surface area contributed by atoms with Crippen LogP contribution in [0.1, 0.15) is 18.4 Å². The molecule has 18 heavy (non-hydrogen) atoms. The molecule has 2 N–H and O–H groups in total. The summed E-state index contributed by atoms with van der Waals surface area (Å²) in [5, 5.41) is 5.82. The Balaban J connectivity index is 1.73. The molecule has 0 bridgehead atoms. The molecular weight excluding hydrogens is 248 g/mol. The van der Waals surface area contributed by atoms with E-state index in [-0.39, 0.29) is 12.6 Å². The number of amides is 1. The predicted molar refractivity (Wildman–Crippen MR) is 73.4 cm³/mol. The van der Waals surface area contributed by atoms with Gasteiger partial charge in [-0.05, 0) is 24.9 Å². The summed E-state index contributed by atoms with van der Waals surface area (Å²) in [6, 6.07) is 9.65. The van der Waals surface area contributed by atoms with E-state index in [2.05, 4.69) is 10.6 Å². The lowest BCUT2D eigenvalue weighted by molar-refractivity contribution is 0.145. The fraction of sp³-hybridized carbons (Fsp3) is 0.385. The third-order valence-corrected chi connectivity index (χ3v) is 3.20. The average molecular weight is 264 g/mol. The van der Waals surface area contributed by atoms with Gasteiger partial charge >= 0.3 is 6.09 Å². The second kappa shape index (κ2) is 6.47. The lowest BCUT2D eigenvalue weighted by atomic mass is 10.2. The van der Waals surface area contributed by atoms with Crippen molar-refractivity contribution >= 4 is 23.3 Å². The van der Waals surface area contributed by atoms with Crippen LogP contribution >= 0.6 is 12.2 Å². The van der Waals surface area contributed by atoms with Crippen molar-refractivity contribution in [1.29, 1.82) is 0 Å². The van der Waals surface area contributed by atoms with Crippen molar-refractivity contribution in [3.63, 3.8) is 0 Å². The van der Waals surface area contributed by atoms with Crippen LogP contribution in [0.2, 0.25) is 0 Å². The van der Waals surface area contributed by atoms with Crippen LogP contribution in [0.4, 0.5) is 4.79 Å². The number of hydrogen-bond donors (Lipinski definition) is 2. The van der Waals surface area contributed by atoms with Gasteiger partial charge in [-0.2, -0.15) is 0 Å². The topological polar surface area (TPSA) is 50.4 Å². The van der Waals surface area contributed by atoms with Gasteiger partial charge in [0.2, 0.25) is 0 Å². The third kappa shape index (κ3) is 3.78. The molecule has 1 aromatic carbocycles. The van der Waals surface area contributed by atoms with Crippen LogP contribution in [0.15, 0.2) is 30.3 Å². The number of hydrogen-bond acceptors (Lipinski definition) is 4. The Morgan fingerprint density at radius 3 is 2.89 bits per heavy atom. The van der Waals surface area contributed by atoms with E-state index in [9.17, 15) is 4.79 Å². The van der Waals surface area contributed by atoms with Crippen LogP contribution in [0.5, 0.6) is 0 Å². The van der Waals surface area contributed by atoms with Gasteiger partial charge < -0.3 is 10.1 Å². The van der Waals surface area contributed by atoms with Crippen molar-refractivity contribution in [2.24, 2.45) is 0 Å². The zero-order valence-electron chi connectivity index (χ0n) is 10.0. The van der Waals surface area contributed by atoms with E-state index < -0.39 is 6.09 Å². The maximum absolute atomic E-state index is 11.5. The Kier molecular flexibility index (Phi) is 4.66. The Morgan fingerprint density at radius 1 is 1.44 bits per heavy atom. The van der Waals surface area contributed by atoms with E-state index in [4.69, 9.17) is 17.0 Å². The van der Waals surface area contributed by atoms with Gasteiger partial charge in [0, 0.05) is 0 Å². The number of ether oxygens (including phenoxy) is 1. The lowest BCUT2D eigenvalue weighted by Crippen LogP contribution is -2.42.